The fourth-order valence-corrected chi connectivity index (χ4v) is 1.50. The van der Waals surface area contributed by atoms with Crippen LogP contribution in [0.15, 0.2) is 18.7 Å². The van der Waals surface area contributed by atoms with E-state index in [0.29, 0.717) is 6.61 Å². The second kappa shape index (κ2) is 6.30. The van der Waals surface area contributed by atoms with Crippen LogP contribution in [-0.2, 0) is 16.1 Å². The quantitative estimate of drug-likeness (QED) is 0.545. The molecule has 0 spiro atoms. The van der Waals surface area contributed by atoms with Crippen LogP contribution in [0.2, 0.25) is 0 Å². The van der Waals surface area contributed by atoms with E-state index in [4.69, 9.17) is 4.74 Å². The lowest BCUT2D eigenvalue weighted by molar-refractivity contribution is -0.696. The number of ether oxygens (including phenoxy) is 1. The van der Waals surface area contributed by atoms with Crippen molar-refractivity contribution in [1.82, 2.24) is 4.57 Å². The maximum Gasteiger partial charge on any atom is 0.351 e. The van der Waals surface area contributed by atoms with E-state index >= 15 is 0 Å². The summed E-state index contributed by atoms with van der Waals surface area (Å²) in [5, 5.41) is 0. The Balaban J connectivity index is 2.59. The highest BCUT2D eigenvalue weighted by Gasteiger charge is 2.20. The van der Waals surface area contributed by atoms with Gasteiger partial charge in [0.25, 0.3) is 0 Å². The summed E-state index contributed by atoms with van der Waals surface area (Å²) in [5.74, 6) is -0.180. The van der Waals surface area contributed by atoms with Gasteiger partial charge in [0.05, 0.1) is 13.2 Å². The van der Waals surface area contributed by atoms with Crippen LogP contribution in [0.25, 0.3) is 0 Å². The van der Waals surface area contributed by atoms with Crippen LogP contribution in [0.5, 0.6) is 0 Å². The van der Waals surface area contributed by atoms with Gasteiger partial charge in [-0.25, -0.2) is 13.9 Å². The molecule has 0 aliphatic carbocycles. The normalized spacial score (nSPS) is 12.4. The van der Waals surface area contributed by atoms with Crippen molar-refractivity contribution in [2.24, 2.45) is 0 Å². The molecule has 1 rings (SSSR count). The number of aromatic nitrogens is 2. The highest BCUT2D eigenvalue weighted by molar-refractivity contribution is 5.73. The minimum atomic E-state index is -0.247. The van der Waals surface area contributed by atoms with Crippen molar-refractivity contribution < 1.29 is 14.1 Å². The van der Waals surface area contributed by atoms with Crippen LogP contribution in [0.3, 0.4) is 0 Å². The molecule has 0 aliphatic rings. The number of imidazole rings is 1. The molecule has 16 heavy (non-hydrogen) atoms. The number of carbonyl (C=O) groups excluding carboxylic acids is 1. The lowest BCUT2D eigenvalue weighted by Crippen LogP contribution is -2.31. The van der Waals surface area contributed by atoms with Gasteiger partial charge < -0.3 is 4.74 Å². The molecule has 0 radical (unpaired) electrons. The van der Waals surface area contributed by atoms with Crippen molar-refractivity contribution in [3.8, 4) is 0 Å². The summed E-state index contributed by atoms with van der Waals surface area (Å²) in [6.07, 6.45) is 8.19. The Morgan fingerprint density at radius 1 is 1.50 bits per heavy atom. The molecule has 0 saturated carbocycles. The zero-order valence-corrected chi connectivity index (χ0v) is 10.3. The zero-order valence-electron chi connectivity index (χ0n) is 10.3. The highest BCUT2D eigenvalue weighted by Crippen LogP contribution is 2.06. The predicted octanol–water partition coefficient (Wildman–Crippen LogP) is 1.70. The molecule has 0 aliphatic heterocycles. The summed E-state index contributed by atoms with van der Waals surface area (Å²) in [4.78, 5) is 11.5. The van der Waals surface area contributed by atoms with E-state index < -0.39 is 0 Å². The first-order valence-electron chi connectivity index (χ1n) is 5.92. The Morgan fingerprint density at radius 3 is 2.88 bits per heavy atom. The summed E-state index contributed by atoms with van der Waals surface area (Å²) in [7, 11) is 0. The zero-order chi connectivity index (χ0) is 12.0. The van der Waals surface area contributed by atoms with Crippen LogP contribution in [0.4, 0.5) is 0 Å². The topological polar surface area (TPSA) is 35.1 Å². The Hall–Kier alpha value is -1.32. The Bertz CT molecular complexity index is 334. The van der Waals surface area contributed by atoms with E-state index in [1.807, 2.05) is 37.1 Å². The molecular weight excluding hydrogens is 204 g/mol. The lowest BCUT2D eigenvalue weighted by Gasteiger charge is -2.06. The number of hydrogen-bond acceptors (Lipinski definition) is 2. The molecule has 0 aromatic carbocycles. The van der Waals surface area contributed by atoms with Crippen molar-refractivity contribution in [3.05, 3.63) is 18.7 Å². The smallest absolute Gasteiger partial charge is 0.351 e. The lowest BCUT2D eigenvalue weighted by atomic mass is 10.3. The van der Waals surface area contributed by atoms with Crippen LogP contribution in [0, 0.1) is 0 Å². The third kappa shape index (κ3) is 3.36. The van der Waals surface area contributed by atoms with Gasteiger partial charge in [0.15, 0.2) is 6.04 Å². The number of rotatable bonds is 6. The molecule has 90 valence electrons. The fraction of sp³-hybridized carbons (Fsp3) is 0.667. The van der Waals surface area contributed by atoms with Gasteiger partial charge in [0, 0.05) is 0 Å². The van der Waals surface area contributed by atoms with Gasteiger partial charge in [-0.05, 0) is 20.3 Å². The molecule has 0 saturated heterocycles. The largest absolute Gasteiger partial charge is 0.463 e. The van der Waals surface area contributed by atoms with Crippen LogP contribution in [-0.4, -0.2) is 17.1 Å². The van der Waals surface area contributed by atoms with Gasteiger partial charge in [-0.1, -0.05) is 13.3 Å². The molecule has 1 heterocycles. The van der Waals surface area contributed by atoms with Crippen molar-refractivity contribution >= 4 is 5.97 Å². The fourth-order valence-electron chi connectivity index (χ4n) is 1.50. The Labute approximate surface area is 96.8 Å². The Morgan fingerprint density at radius 2 is 2.25 bits per heavy atom. The number of esters is 1. The number of nitrogens with zero attached hydrogens (tertiary/aromatic N) is 2. The van der Waals surface area contributed by atoms with Crippen molar-refractivity contribution in [2.75, 3.05) is 6.61 Å². The average molecular weight is 225 g/mol. The van der Waals surface area contributed by atoms with E-state index in [1.165, 1.54) is 6.42 Å². The van der Waals surface area contributed by atoms with Crippen LogP contribution in [0.1, 0.15) is 39.7 Å². The van der Waals surface area contributed by atoms with Gasteiger partial charge in [0.2, 0.25) is 6.33 Å². The third-order valence-electron chi connectivity index (χ3n) is 2.56. The van der Waals surface area contributed by atoms with E-state index in [-0.39, 0.29) is 12.0 Å². The first-order valence-corrected chi connectivity index (χ1v) is 5.92. The predicted molar refractivity (Wildman–Crippen MR) is 60.9 cm³/mol. The molecule has 0 unspecified atom stereocenters. The maximum atomic E-state index is 11.5. The first-order chi connectivity index (χ1) is 7.69. The van der Waals surface area contributed by atoms with Gasteiger partial charge in [-0.3, -0.25) is 0 Å². The summed E-state index contributed by atoms with van der Waals surface area (Å²) < 4.78 is 8.96. The minimum absolute atomic E-state index is 0.180. The van der Waals surface area contributed by atoms with Gasteiger partial charge in [0.1, 0.15) is 12.4 Å². The number of unbranched alkanes of at least 4 members (excludes halogenated alkanes) is 1. The Kier molecular flexibility index (Phi) is 5.02. The number of aryl methyl sites for hydroxylation is 1. The molecule has 4 heteroatoms. The van der Waals surface area contributed by atoms with E-state index in [1.54, 1.807) is 0 Å². The van der Waals surface area contributed by atoms with E-state index in [2.05, 4.69) is 11.5 Å². The molecule has 0 fully saturated rings. The van der Waals surface area contributed by atoms with E-state index in [0.717, 1.165) is 13.0 Å². The van der Waals surface area contributed by atoms with Crippen molar-refractivity contribution in [3.63, 3.8) is 0 Å². The maximum absolute atomic E-state index is 11.5. The number of carbonyl (C=O) groups is 1. The SMILES string of the molecule is CCCC[n+]1ccn([C@H](C)C(=O)OCC)c1. The molecule has 1 aromatic heterocycles. The standard InChI is InChI=1S/C12H21N2O2/c1-4-6-7-13-8-9-14(10-13)11(3)12(15)16-5-2/h8-11H,4-7H2,1-3H3/q+1/t11-/m1/s1. The molecule has 1 atom stereocenters. The van der Waals surface area contributed by atoms with Gasteiger partial charge in [-0.2, -0.15) is 0 Å². The van der Waals surface area contributed by atoms with Gasteiger partial charge in [-0.15, -0.1) is 0 Å². The van der Waals surface area contributed by atoms with Gasteiger partial charge >= 0.3 is 5.97 Å². The van der Waals surface area contributed by atoms with Crippen molar-refractivity contribution in [2.45, 2.75) is 46.2 Å². The summed E-state index contributed by atoms with van der Waals surface area (Å²) >= 11 is 0. The molecule has 0 bridgehead atoms. The van der Waals surface area contributed by atoms with Crippen molar-refractivity contribution in [1.29, 1.82) is 0 Å². The van der Waals surface area contributed by atoms with Crippen LogP contribution >= 0.6 is 0 Å². The summed E-state index contributed by atoms with van der Waals surface area (Å²) in [6.45, 7) is 7.27. The first kappa shape index (κ1) is 12.7. The monoisotopic (exact) mass is 225 g/mol. The molecule has 1 aromatic rings. The minimum Gasteiger partial charge on any atom is -0.463 e. The molecule has 0 amide bonds. The molecule has 0 N–H and O–H groups in total. The third-order valence-corrected chi connectivity index (χ3v) is 2.56. The van der Waals surface area contributed by atoms with E-state index in [9.17, 15) is 4.79 Å². The summed E-state index contributed by atoms with van der Waals surface area (Å²) in [5.41, 5.74) is 0. The summed E-state index contributed by atoms with van der Waals surface area (Å²) in [6, 6.07) is -0.247. The molecular formula is C12H21N2O2+. The second-order valence-corrected chi connectivity index (χ2v) is 3.88. The number of hydrogen-bond donors (Lipinski definition) is 0. The molecule has 4 nitrogen and oxygen atoms in total. The highest BCUT2D eigenvalue weighted by atomic mass is 16.5. The average Bonchev–Trinajstić information content (AvgIpc) is 2.74. The second-order valence-electron chi connectivity index (χ2n) is 3.88. The van der Waals surface area contributed by atoms with Crippen LogP contribution < -0.4 is 4.57 Å².